The number of fused-ring (bicyclic) bond motifs is 5. The third kappa shape index (κ3) is 4.94. The summed E-state index contributed by atoms with van der Waals surface area (Å²) in [6.45, 7) is 4.64. The van der Waals surface area contributed by atoms with Crippen molar-refractivity contribution >= 4 is 50.7 Å². The van der Waals surface area contributed by atoms with Gasteiger partial charge in [0.2, 0.25) is 0 Å². The molecule has 0 bridgehead atoms. The monoisotopic (exact) mass is 641 g/mol. The Morgan fingerprint density at radius 3 is 1.58 bits per heavy atom. The predicted octanol–water partition coefficient (Wildman–Crippen LogP) is 13.6. The molecule has 0 fully saturated rings. The highest BCUT2D eigenvalue weighted by molar-refractivity contribution is 6.18. The largest absolute Gasteiger partial charge is 0.311 e. The van der Waals surface area contributed by atoms with E-state index in [9.17, 15) is 2.74 Å². The molecule has 0 atom stereocenters. The highest BCUT2D eigenvalue weighted by atomic mass is 15.1. The van der Waals surface area contributed by atoms with E-state index in [1.165, 1.54) is 22.3 Å². The zero-order valence-electron chi connectivity index (χ0n) is 30.2. The van der Waals surface area contributed by atoms with Crippen molar-refractivity contribution in [3.05, 3.63) is 198 Å². The van der Waals surface area contributed by atoms with Crippen LogP contribution in [0.4, 0.5) is 17.1 Å². The summed E-state index contributed by atoms with van der Waals surface area (Å²) in [6.07, 6.45) is 0. The summed E-state index contributed by atoms with van der Waals surface area (Å²) in [4.78, 5) is 2.21. The lowest BCUT2D eigenvalue weighted by Crippen LogP contribution is -2.14. The minimum Gasteiger partial charge on any atom is -0.311 e. The molecule has 0 unspecified atom stereocenters. The molecule has 0 amide bonds. The van der Waals surface area contributed by atoms with E-state index in [4.69, 9.17) is 0 Å². The average Bonchev–Trinajstić information content (AvgIpc) is 3.43. The minimum absolute atomic E-state index is 0.112. The van der Waals surface area contributed by atoms with E-state index < -0.39 is 0 Å². The molecule has 0 N–H and O–H groups in total. The van der Waals surface area contributed by atoms with E-state index in [2.05, 4.69) is 122 Å². The van der Waals surface area contributed by atoms with E-state index in [1.54, 1.807) is 0 Å². The molecule has 1 heteroatoms. The third-order valence-corrected chi connectivity index (χ3v) is 10.3. The summed E-state index contributed by atoms with van der Waals surface area (Å²) in [5.74, 6) is 0. The van der Waals surface area contributed by atoms with E-state index in [0.717, 1.165) is 55.3 Å². The number of nitrogens with zero attached hydrogens (tertiary/aromatic N) is 1. The van der Waals surface area contributed by atoms with Crippen molar-refractivity contribution in [3.8, 4) is 22.3 Å². The van der Waals surface area contributed by atoms with Gasteiger partial charge in [0, 0.05) is 22.5 Å². The van der Waals surface area contributed by atoms with Gasteiger partial charge < -0.3 is 4.90 Å². The van der Waals surface area contributed by atoms with E-state index >= 15 is 0 Å². The van der Waals surface area contributed by atoms with Crippen molar-refractivity contribution in [1.82, 2.24) is 0 Å². The zero-order valence-corrected chi connectivity index (χ0v) is 28.2. The standard InChI is InChI=1S/C49H37N/c1-49(2)46-24-14-13-21-42(46)43-32-28-35(33-47(43)49)48-44-22-11-9-19-39(44)41(40-20-10-12-23-45(40)48)31-27-34-25-29-38(30-26-34)50(36-15-5-3-6-16-36)37-17-7-4-8-18-37/h3-33H,1-2H3/b31-27+/i27D,31D. The van der Waals surface area contributed by atoms with Crippen LogP contribution in [0, 0.1) is 0 Å². The van der Waals surface area contributed by atoms with Gasteiger partial charge in [0.1, 0.15) is 0 Å². The lowest BCUT2D eigenvalue weighted by Gasteiger charge is -2.25. The van der Waals surface area contributed by atoms with Gasteiger partial charge in [-0.2, -0.15) is 0 Å². The Hall–Kier alpha value is -6.18. The smallest absolute Gasteiger partial charge is 0.0630 e. The van der Waals surface area contributed by atoms with Gasteiger partial charge in [-0.25, -0.2) is 0 Å². The molecule has 0 heterocycles. The fourth-order valence-corrected chi connectivity index (χ4v) is 7.86. The molecule has 238 valence electrons. The Morgan fingerprint density at radius 1 is 0.460 bits per heavy atom. The molecule has 1 aliphatic carbocycles. The van der Waals surface area contributed by atoms with Crippen molar-refractivity contribution < 1.29 is 2.74 Å². The molecule has 0 aromatic heterocycles. The van der Waals surface area contributed by atoms with Crippen molar-refractivity contribution in [2.45, 2.75) is 19.3 Å². The van der Waals surface area contributed by atoms with E-state index in [0.29, 0.717) is 5.56 Å². The molecular formula is C49H37N. The SMILES string of the molecule is [2H]/C(=C(/[2H])c1c2ccccc2c(-c2ccc3c(c2)C(C)(C)c2ccccc2-3)c2ccccc12)c1ccc(N(c2ccccc2)c2ccccc2)cc1. The molecule has 0 saturated carbocycles. The van der Waals surface area contributed by atoms with Gasteiger partial charge in [-0.3, -0.25) is 0 Å². The topological polar surface area (TPSA) is 3.24 Å². The fraction of sp³-hybridized carbons (Fsp3) is 0.0612. The molecule has 50 heavy (non-hydrogen) atoms. The van der Waals surface area contributed by atoms with Gasteiger partial charge in [0.15, 0.2) is 0 Å². The van der Waals surface area contributed by atoms with Crippen LogP contribution < -0.4 is 4.90 Å². The van der Waals surface area contributed by atoms with Gasteiger partial charge in [-0.15, -0.1) is 0 Å². The van der Waals surface area contributed by atoms with Gasteiger partial charge in [0.05, 0.1) is 2.74 Å². The van der Waals surface area contributed by atoms with Crippen LogP contribution in [0.25, 0.3) is 55.9 Å². The summed E-state index contributed by atoms with van der Waals surface area (Å²) in [5, 5.41) is 4.12. The van der Waals surface area contributed by atoms with Crippen molar-refractivity contribution in [1.29, 1.82) is 0 Å². The summed E-state index contributed by atoms with van der Waals surface area (Å²) in [5.41, 5.74) is 12.1. The summed E-state index contributed by atoms with van der Waals surface area (Å²) in [6, 6.07) is 61.5. The minimum atomic E-state index is -0.112. The first kappa shape index (κ1) is 27.7. The molecule has 0 radical (unpaired) electrons. The highest BCUT2D eigenvalue weighted by Crippen LogP contribution is 2.50. The van der Waals surface area contributed by atoms with Crippen LogP contribution in [0.3, 0.4) is 0 Å². The third-order valence-electron chi connectivity index (χ3n) is 10.3. The van der Waals surface area contributed by atoms with Gasteiger partial charge in [-0.1, -0.05) is 159 Å². The van der Waals surface area contributed by atoms with Crippen LogP contribution in [-0.4, -0.2) is 0 Å². The number of benzene rings is 8. The number of anilines is 3. The zero-order chi connectivity index (χ0) is 35.4. The van der Waals surface area contributed by atoms with Crippen molar-refractivity contribution in [2.24, 2.45) is 0 Å². The number of rotatable bonds is 6. The second kappa shape index (κ2) is 12.1. The number of para-hydroxylation sites is 2. The van der Waals surface area contributed by atoms with Crippen molar-refractivity contribution in [3.63, 3.8) is 0 Å². The van der Waals surface area contributed by atoms with Gasteiger partial charge in [-0.05, 0) is 109 Å². The molecule has 9 rings (SSSR count). The fourth-order valence-electron chi connectivity index (χ4n) is 7.86. The van der Waals surface area contributed by atoms with Gasteiger partial charge >= 0.3 is 0 Å². The Morgan fingerprint density at radius 2 is 0.960 bits per heavy atom. The molecule has 8 aromatic carbocycles. The number of hydrogen-bond acceptors (Lipinski definition) is 1. The van der Waals surface area contributed by atoms with Crippen LogP contribution in [0.1, 0.15) is 38.8 Å². The summed E-state index contributed by atoms with van der Waals surface area (Å²) in [7, 11) is 0. The second-order valence-electron chi connectivity index (χ2n) is 13.6. The van der Waals surface area contributed by atoms with E-state index in [-0.39, 0.29) is 17.5 Å². The highest BCUT2D eigenvalue weighted by Gasteiger charge is 2.35. The Bertz CT molecular complexity index is 2560. The van der Waals surface area contributed by atoms with Gasteiger partial charge in [0.25, 0.3) is 0 Å². The van der Waals surface area contributed by atoms with Crippen LogP contribution in [-0.2, 0) is 5.41 Å². The number of hydrogen-bond donors (Lipinski definition) is 0. The molecule has 0 saturated heterocycles. The summed E-state index contributed by atoms with van der Waals surface area (Å²) >= 11 is 0. The van der Waals surface area contributed by atoms with Crippen molar-refractivity contribution in [2.75, 3.05) is 4.90 Å². The normalized spacial score (nSPS) is 14.0. The quantitative estimate of drug-likeness (QED) is 0.129. The predicted molar refractivity (Wildman–Crippen MR) is 215 cm³/mol. The summed E-state index contributed by atoms with van der Waals surface area (Å²) < 4.78 is 19.0. The maximum atomic E-state index is 9.61. The Labute approximate surface area is 297 Å². The first-order valence-corrected chi connectivity index (χ1v) is 17.3. The Kier molecular flexibility index (Phi) is 6.69. The average molecular weight is 642 g/mol. The molecule has 0 aliphatic heterocycles. The van der Waals surface area contributed by atoms with Crippen LogP contribution in [0.5, 0.6) is 0 Å². The first-order valence-electron chi connectivity index (χ1n) is 18.3. The second-order valence-corrected chi connectivity index (χ2v) is 13.6. The molecule has 1 nitrogen and oxygen atoms in total. The molecular weight excluding hydrogens is 603 g/mol. The van der Waals surface area contributed by atoms with Crippen LogP contribution in [0.15, 0.2) is 176 Å². The lowest BCUT2D eigenvalue weighted by atomic mass is 9.80. The molecule has 1 aliphatic rings. The lowest BCUT2D eigenvalue weighted by molar-refractivity contribution is 0.660. The maximum absolute atomic E-state index is 9.61. The maximum Gasteiger partial charge on any atom is 0.0630 e. The Balaban J connectivity index is 1.18. The first-order chi connectivity index (χ1) is 25.4. The van der Waals surface area contributed by atoms with E-state index in [1.807, 2.05) is 72.8 Å². The van der Waals surface area contributed by atoms with Crippen LogP contribution in [0.2, 0.25) is 0 Å². The van der Waals surface area contributed by atoms with Crippen LogP contribution >= 0.6 is 0 Å². The molecule has 8 aromatic rings. The molecule has 0 spiro atoms.